The van der Waals surface area contributed by atoms with Crippen LogP contribution in [0.5, 0.6) is 0 Å². The summed E-state index contributed by atoms with van der Waals surface area (Å²) >= 11 is 0. The number of halogens is 1. The maximum atomic E-state index is 13.1. The van der Waals surface area contributed by atoms with Crippen molar-refractivity contribution >= 4 is 5.78 Å². The van der Waals surface area contributed by atoms with E-state index in [2.05, 4.69) is 0 Å². The largest absolute Gasteiger partial charge is 0.294 e. The Balaban J connectivity index is 2.33. The van der Waals surface area contributed by atoms with Gasteiger partial charge >= 0.3 is 0 Å². The summed E-state index contributed by atoms with van der Waals surface area (Å²) in [6.45, 7) is 7.79. The van der Waals surface area contributed by atoms with Crippen LogP contribution in [0.25, 0.3) is 0 Å². The highest BCUT2D eigenvalue weighted by Gasteiger charge is 2.14. The fraction of sp³-hybridized carbons (Fsp3) is 0.278. The van der Waals surface area contributed by atoms with Gasteiger partial charge in [0, 0.05) is 12.0 Å². The average molecular weight is 270 g/mol. The summed E-state index contributed by atoms with van der Waals surface area (Å²) in [5.41, 5.74) is 5.67. The van der Waals surface area contributed by atoms with Gasteiger partial charge in [0.25, 0.3) is 0 Å². The van der Waals surface area contributed by atoms with E-state index in [-0.39, 0.29) is 11.6 Å². The molecule has 2 rings (SSSR count). The molecule has 0 radical (unpaired) electrons. The minimum Gasteiger partial charge on any atom is -0.294 e. The highest BCUT2D eigenvalue weighted by Crippen LogP contribution is 2.20. The molecule has 0 saturated heterocycles. The van der Waals surface area contributed by atoms with Crippen LogP contribution >= 0.6 is 0 Å². The molecule has 104 valence electrons. The fourth-order valence-corrected chi connectivity index (χ4v) is 2.74. The summed E-state index contributed by atoms with van der Waals surface area (Å²) in [5.74, 6) is -0.170. The maximum absolute atomic E-state index is 13.1. The molecule has 0 fully saturated rings. The molecule has 0 unspecified atom stereocenters. The molecule has 0 heterocycles. The average Bonchev–Trinajstić information content (AvgIpc) is 2.31. The Bertz CT molecular complexity index is 648. The van der Waals surface area contributed by atoms with Gasteiger partial charge in [0.2, 0.25) is 0 Å². The van der Waals surface area contributed by atoms with Crippen LogP contribution in [-0.2, 0) is 6.42 Å². The molecular formula is C18H19FO. The lowest BCUT2D eigenvalue weighted by atomic mass is 9.92. The number of ketones is 1. The quantitative estimate of drug-likeness (QED) is 0.751. The molecule has 0 aliphatic rings. The molecule has 0 amide bonds. The van der Waals surface area contributed by atoms with E-state index in [0.29, 0.717) is 6.42 Å². The van der Waals surface area contributed by atoms with E-state index in [9.17, 15) is 9.18 Å². The van der Waals surface area contributed by atoms with Crippen molar-refractivity contribution in [3.05, 3.63) is 69.5 Å². The summed E-state index contributed by atoms with van der Waals surface area (Å²) in [4.78, 5) is 12.5. The van der Waals surface area contributed by atoms with E-state index in [1.807, 2.05) is 39.8 Å². The first-order valence-electron chi connectivity index (χ1n) is 6.74. The van der Waals surface area contributed by atoms with E-state index in [4.69, 9.17) is 0 Å². The van der Waals surface area contributed by atoms with Crippen LogP contribution in [-0.4, -0.2) is 5.78 Å². The normalized spacial score (nSPS) is 10.7. The predicted octanol–water partition coefficient (Wildman–Crippen LogP) is 4.48. The van der Waals surface area contributed by atoms with Gasteiger partial charge in [-0.15, -0.1) is 0 Å². The predicted molar refractivity (Wildman–Crippen MR) is 79.8 cm³/mol. The van der Waals surface area contributed by atoms with E-state index in [1.54, 1.807) is 6.07 Å². The summed E-state index contributed by atoms with van der Waals surface area (Å²) in [6.07, 6.45) is 0.316. The first-order valence-corrected chi connectivity index (χ1v) is 6.74. The van der Waals surface area contributed by atoms with Gasteiger partial charge in [-0.3, -0.25) is 4.79 Å². The number of hydrogen-bond donors (Lipinski definition) is 0. The van der Waals surface area contributed by atoms with Gasteiger partial charge in [0.05, 0.1) is 0 Å². The van der Waals surface area contributed by atoms with Crippen molar-refractivity contribution in [3.8, 4) is 0 Å². The van der Waals surface area contributed by atoms with Crippen molar-refractivity contribution in [1.82, 2.24) is 0 Å². The Morgan fingerprint density at radius 3 is 2.10 bits per heavy atom. The lowest BCUT2D eigenvalue weighted by Crippen LogP contribution is -2.09. The van der Waals surface area contributed by atoms with Crippen molar-refractivity contribution < 1.29 is 9.18 Å². The molecule has 0 aliphatic heterocycles. The number of carbonyl (C=O) groups excluding carboxylic acids is 1. The summed E-state index contributed by atoms with van der Waals surface area (Å²) in [7, 11) is 0. The number of carbonyl (C=O) groups is 1. The molecular weight excluding hydrogens is 251 g/mol. The summed E-state index contributed by atoms with van der Waals surface area (Å²) in [5, 5.41) is 0. The maximum Gasteiger partial charge on any atom is 0.167 e. The SMILES string of the molecule is Cc1cc(C)c(C(=O)Cc2ccc(F)cc2C)c(C)c1. The van der Waals surface area contributed by atoms with Crippen LogP contribution in [0.1, 0.15) is 38.2 Å². The number of benzene rings is 2. The monoisotopic (exact) mass is 270 g/mol. The standard InChI is InChI=1S/C18H19FO/c1-11-7-13(3)18(14(4)8-11)17(20)10-15-5-6-16(19)9-12(15)2/h5-9H,10H2,1-4H3. The smallest absolute Gasteiger partial charge is 0.167 e. The highest BCUT2D eigenvalue weighted by molar-refractivity contribution is 6.00. The van der Waals surface area contributed by atoms with Crippen molar-refractivity contribution in [2.45, 2.75) is 34.1 Å². The van der Waals surface area contributed by atoms with Crippen LogP contribution in [0.4, 0.5) is 4.39 Å². The van der Waals surface area contributed by atoms with Crippen LogP contribution in [0.15, 0.2) is 30.3 Å². The minimum atomic E-state index is -0.263. The molecule has 0 aromatic heterocycles. The molecule has 0 aliphatic carbocycles. The van der Waals surface area contributed by atoms with Crippen molar-refractivity contribution in [2.24, 2.45) is 0 Å². The fourth-order valence-electron chi connectivity index (χ4n) is 2.74. The van der Waals surface area contributed by atoms with E-state index in [1.165, 1.54) is 12.1 Å². The number of rotatable bonds is 3. The third-order valence-electron chi connectivity index (χ3n) is 3.61. The van der Waals surface area contributed by atoms with Crippen LogP contribution in [0.3, 0.4) is 0 Å². The zero-order chi connectivity index (χ0) is 14.9. The number of hydrogen-bond acceptors (Lipinski definition) is 1. The van der Waals surface area contributed by atoms with Gasteiger partial charge in [-0.05, 0) is 62.1 Å². The third-order valence-corrected chi connectivity index (χ3v) is 3.61. The van der Waals surface area contributed by atoms with Gasteiger partial charge in [0.1, 0.15) is 5.82 Å². The lowest BCUT2D eigenvalue weighted by molar-refractivity contribution is 0.0991. The molecule has 2 aromatic carbocycles. The van der Waals surface area contributed by atoms with Crippen molar-refractivity contribution in [2.75, 3.05) is 0 Å². The Labute approximate surface area is 119 Å². The van der Waals surface area contributed by atoms with E-state index in [0.717, 1.165) is 33.4 Å². The zero-order valence-corrected chi connectivity index (χ0v) is 12.4. The van der Waals surface area contributed by atoms with E-state index >= 15 is 0 Å². The first kappa shape index (κ1) is 14.4. The van der Waals surface area contributed by atoms with Gasteiger partial charge in [0.15, 0.2) is 5.78 Å². The van der Waals surface area contributed by atoms with Crippen molar-refractivity contribution in [1.29, 1.82) is 0 Å². The molecule has 0 N–H and O–H groups in total. The second-order valence-corrected chi connectivity index (χ2v) is 5.44. The molecule has 0 spiro atoms. The first-order chi connectivity index (χ1) is 9.38. The highest BCUT2D eigenvalue weighted by atomic mass is 19.1. The number of aryl methyl sites for hydroxylation is 4. The molecule has 0 saturated carbocycles. The van der Waals surface area contributed by atoms with Gasteiger partial charge in [-0.2, -0.15) is 0 Å². The molecule has 2 aromatic rings. The van der Waals surface area contributed by atoms with Crippen LogP contribution < -0.4 is 0 Å². The Hall–Kier alpha value is -1.96. The van der Waals surface area contributed by atoms with Crippen molar-refractivity contribution in [3.63, 3.8) is 0 Å². The second kappa shape index (κ2) is 5.58. The molecule has 20 heavy (non-hydrogen) atoms. The topological polar surface area (TPSA) is 17.1 Å². The second-order valence-electron chi connectivity index (χ2n) is 5.44. The molecule has 1 nitrogen and oxygen atoms in total. The van der Waals surface area contributed by atoms with Gasteiger partial charge in [-0.25, -0.2) is 4.39 Å². The molecule has 0 atom stereocenters. The molecule has 0 bridgehead atoms. The Morgan fingerprint density at radius 1 is 0.950 bits per heavy atom. The lowest BCUT2D eigenvalue weighted by Gasteiger charge is -2.11. The van der Waals surface area contributed by atoms with Gasteiger partial charge < -0.3 is 0 Å². The van der Waals surface area contributed by atoms with Crippen LogP contribution in [0.2, 0.25) is 0 Å². The minimum absolute atomic E-state index is 0.0923. The zero-order valence-electron chi connectivity index (χ0n) is 12.4. The number of Topliss-reactive ketones (excluding diaryl/α,β-unsaturated/α-hetero) is 1. The van der Waals surface area contributed by atoms with E-state index < -0.39 is 0 Å². The molecule has 2 heteroatoms. The van der Waals surface area contributed by atoms with Gasteiger partial charge in [-0.1, -0.05) is 23.8 Å². The summed E-state index contributed by atoms with van der Waals surface area (Å²) < 4.78 is 13.1. The summed E-state index contributed by atoms with van der Waals surface area (Å²) in [6, 6.07) is 8.62. The Morgan fingerprint density at radius 2 is 1.55 bits per heavy atom. The van der Waals surface area contributed by atoms with Crippen LogP contribution in [0, 0.1) is 33.5 Å². The third kappa shape index (κ3) is 2.96. The Kier molecular flexibility index (Phi) is 4.03.